The first-order chi connectivity index (χ1) is 7.68. The lowest BCUT2D eigenvalue weighted by molar-refractivity contribution is -0.122. The highest BCUT2D eigenvalue weighted by molar-refractivity contribution is 5.80. The molecule has 2 rings (SSSR count). The molecule has 0 aromatic heterocycles. The van der Waals surface area contributed by atoms with E-state index >= 15 is 0 Å². The first kappa shape index (κ1) is 11.1. The van der Waals surface area contributed by atoms with Crippen LogP contribution in [0.25, 0.3) is 6.08 Å². The highest BCUT2D eigenvalue weighted by atomic mass is 16.1. The van der Waals surface area contributed by atoms with Crippen molar-refractivity contribution in [2.24, 2.45) is 5.41 Å². The number of allylic oxidation sites excluding steroid dienone is 1. The molecule has 16 heavy (non-hydrogen) atoms. The Labute approximate surface area is 97.2 Å². The standard InChI is InChI=1S/C15H18O/c1-15(10-5-8-14(16)12-15)11-9-13-6-3-2-4-7-13/h2-4,6-7,9,11H,5,8,10,12H2,1H3/b11-9+/t15-/m0/s1. The lowest BCUT2D eigenvalue weighted by Crippen LogP contribution is -2.23. The number of rotatable bonds is 2. The van der Waals surface area contributed by atoms with Crippen LogP contribution in [0.4, 0.5) is 0 Å². The average molecular weight is 214 g/mol. The molecule has 1 atom stereocenters. The summed E-state index contributed by atoms with van der Waals surface area (Å²) in [5.41, 5.74) is 1.28. The molecule has 0 unspecified atom stereocenters. The summed E-state index contributed by atoms with van der Waals surface area (Å²) in [6, 6.07) is 10.3. The summed E-state index contributed by atoms with van der Waals surface area (Å²) in [4.78, 5) is 11.5. The molecular formula is C15H18O. The molecule has 0 aliphatic heterocycles. The van der Waals surface area contributed by atoms with Gasteiger partial charge < -0.3 is 0 Å². The molecule has 0 spiro atoms. The van der Waals surface area contributed by atoms with E-state index < -0.39 is 0 Å². The first-order valence-corrected chi connectivity index (χ1v) is 5.94. The summed E-state index contributed by atoms with van der Waals surface area (Å²) in [6.07, 6.45) is 7.99. The van der Waals surface area contributed by atoms with E-state index in [1.165, 1.54) is 5.56 Å². The predicted molar refractivity (Wildman–Crippen MR) is 67.1 cm³/mol. The minimum absolute atomic E-state index is 0.0746. The Morgan fingerprint density at radius 2 is 2.00 bits per heavy atom. The lowest BCUT2D eigenvalue weighted by atomic mass is 9.75. The highest BCUT2D eigenvalue weighted by Gasteiger charge is 2.28. The van der Waals surface area contributed by atoms with Crippen LogP contribution in [0, 0.1) is 5.41 Å². The molecule has 1 aliphatic rings. The topological polar surface area (TPSA) is 17.1 Å². The Bertz CT molecular complexity index is 391. The second-order valence-electron chi connectivity index (χ2n) is 4.97. The molecule has 1 aliphatic carbocycles. The number of ketones is 1. The number of benzene rings is 1. The molecule has 1 nitrogen and oxygen atoms in total. The third-order valence-electron chi connectivity index (χ3n) is 3.28. The van der Waals surface area contributed by atoms with Gasteiger partial charge in [-0.25, -0.2) is 0 Å². The van der Waals surface area contributed by atoms with Crippen molar-refractivity contribution < 1.29 is 4.79 Å². The summed E-state index contributed by atoms with van der Waals surface area (Å²) >= 11 is 0. The van der Waals surface area contributed by atoms with Crippen molar-refractivity contribution in [3.05, 3.63) is 42.0 Å². The maximum Gasteiger partial charge on any atom is 0.133 e. The van der Waals surface area contributed by atoms with Gasteiger partial charge in [-0.3, -0.25) is 4.79 Å². The van der Waals surface area contributed by atoms with Gasteiger partial charge in [-0.05, 0) is 23.8 Å². The molecule has 0 radical (unpaired) electrons. The van der Waals surface area contributed by atoms with Crippen LogP contribution in [0.1, 0.15) is 38.2 Å². The summed E-state index contributed by atoms with van der Waals surface area (Å²) in [7, 11) is 0. The molecule has 0 saturated heterocycles. The van der Waals surface area contributed by atoms with Crippen molar-refractivity contribution in [3.8, 4) is 0 Å². The Hall–Kier alpha value is -1.37. The van der Waals surface area contributed by atoms with Gasteiger partial charge in [0.25, 0.3) is 0 Å². The Balaban J connectivity index is 2.08. The predicted octanol–water partition coefficient (Wildman–Crippen LogP) is 3.85. The van der Waals surface area contributed by atoms with Gasteiger partial charge in [0.05, 0.1) is 0 Å². The maximum atomic E-state index is 11.5. The van der Waals surface area contributed by atoms with Crippen LogP contribution in [0.2, 0.25) is 0 Å². The zero-order chi connectivity index (χ0) is 11.4. The van der Waals surface area contributed by atoms with Crippen LogP contribution >= 0.6 is 0 Å². The van der Waals surface area contributed by atoms with E-state index in [-0.39, 0.29) is 5.41 Å². The van der Waals surface area contributed by atoms with Gasteiger partial charge in [0.15, 0.2) is 0 Å². The quantitative estimate of drug-likeness (QED) is 0.730. The number of hydrogen-bond donors (Lipinski definition) is 0. The van der Waals surface area contributed by atoms with E-state index in [2.05, 4.69) is 31.2 Å². The largest absolute Gasteiger partial charge is 0.300 e. The Kier molecular flexibility index (Phi) is 3.23. The monoisotopic (exact) mass is 214 g/mol. The molecule has 1 fully saturated rings. The van der Waals surface area contributed by atoms with Crippen molar-refractivity contribution in [1.29, 1.82) is 0 Å². The summed E-state index contributed by atoms with van der Waals surface area (Å²) in [6.45, 7) is 2.18. The Morgan fingerprint density at radius 3 is 2.69 bits per heavy atom. The van der Waals surface area contributed by atoms with Crippen LogP contribution in [0.3, 0.4) is 0 Å². The highest BCUT2D eigenvalue weighted by Crippen LogP contribution is 2.35. The van der Waals surface area contributed by atoms with Gasteiger partial charge in [0, 0.05) is 12.8 Å². The zero-order valence-electron chi connectivity index (χ0n) is 9.78. The van der Waals surface area contributed by atoms with Crippen LogP contribution in [-0.2, 0) is 4.79 Å². The fraction of sp³-hybridized carbons (Fsp3) is 0.400. The van der Waals surface area contributed by atoms with Crippen molar-refractivity contribution in [3.63, 3.8) is 0 Å². The van der Waals surface area contributed by atoms with E-state index in [0.29, 0.717) is 12.2 Å². The molecule has 1 aromatic carbocycles. The van der Waals surface area contributed by atoms with Crippen molar-refractivity contribution in [1.82, 2.24) is 0 Å². The van der Waals surface area contributed by atoms with Crippen LogP contribution in [0.15, 0.2) is 36.4 Å². The molecule has 1 saturated carbocycles. The minimum atomic E-state index is 0.0746. The fourth-order valence-corrected chi connectivity index (χ4v) is 2.32. The second-order valence-corrected chi connectivity index (χ2v) is 4.97. The Morgan fingerprint density at radius 1 is 1.25 bits per heavy atom. The molecule has 1 aromatic rings. The van der Waals surface area contributed by atoms with Gasteiger partial charge >= 0.3 is 0 Å². The van der Waals surface area contributed by atoms with Gasteiger partial charge in [-0.1, -0.05) is 49.4 Å². The smallest absolute Gasteiger partial charge is 0.133 e. The summed E-state index contributed by atoms with van der Waals surface area (Å²) in [5, 5.41) is 0. The van der Waals surface area contributed by atoms with E-state index in [9.17, 15) is 4.79 Å². The molecule has 0 bridgehead atoms. The maximum absolute atomic E-state index is 11.5. The van der Waals surface area contributed by atoms with Gasteiger partial charge in [0.2, 0.25) is 0 Å². The SMILES string of the molecule is C[C@@]1(/C=C/c2ccccc2)CCCC(=O)C1. The summed E-state index contributed by atoms with van der Waals surface area (Å²) < 4.78 is 0. The zero-order valence-corrected chi connectivity index (χ0v) is 9.78. The van der Waals surface area contributed by atoms with E-state index in [1.54, 1.807) is 0 Å². The molecule has 1 heteroatoms. The van der Waals surface area contributed by atoms with Crippen LogP contribution in [-0.4, -0.2) is 5.78 Å². The normalized spacial score (nSPS) is 26.2. The van der Waals surface area contributed by atoms with Crippen LogP contribution < -0.4 is 0 Å². The first-order valence-electron chi connectivity index (χ1n) is 5.94. The minimum Gasteiger partial charge on any atom is -0.300 e. The van der Waals surface area contributed by atoms with Crippen molar-refractivity contribution >= 4 is 11.9 Å². The number of carbonyl (C=O) groups is 1. The number of hydrogen-bond acceptors (Lipinski definition) is 1. The van der Waals surface area contributed by atoms with Crippen molar-refractivity contribution in [2.45, 2.75) is 32.6 Å². The van der Waals surface area contributed by atoms with Gasteiger partial charge in [-0.2, -0.15) is 0 Å². The fourth-order valence-electron chi connectivity index (χ4n) is 2.32. The average Bonchev–Trinajstić information content (AvgIpc) is 2.28. The molecule has 0 amide bonds. The van der Waals surface area contributed by atoms with Gasteiger partial charge in [-0.15, -0.1) is 0 Å². The van der Waals surface area contributed by atoms with Crippen molar-refractivity contribution in [2.75, 3.05) is 0 Å². The number of Topliss-reactive ketones (excluding diaryl/α,β-unsaturated/α-hetero) is 1. The summed E-state index contributed by atoms with van der Waals surface area (Å²) in [5.74, 6) is 0.409. The second kappa shape index (κ2) is 4.65. The third-order valence-corrected chi connectivity index (χ3v) is 3.28. The van der Waals surface area contributed by atoms with E-state index in [0.717, 1.165) is 19.3 Å². The van der Waals surface area contributed by atoms with E-state index in [4.69, 9.17) is 0 Å². The number of carbonyl (C=O) groups excluding carboxylic acids is 1. The molecule has 0 N–H and O–H groups in total. The van der Waals surface area contributed by atoms with Crippen LogP contribution in [0.5, 0.6) is 0 Å². The van der Waals surface area contributed by atoms with Gasteiger partial charge in [0.1, 0.15) is 5.78 Å². The molecular weight excluding hydrogens is 196 g/mol. The molecule has 84 valence electrons. The molecule has 0 heterocycles. The lowest BCUT2D eigenvalue weighted by Gasteiger charge is -2.29. The third kappa shape index (κ3) is 2.82. The van der Waals surface area contributed by atoms with E-state index in [1.807, 2.05) is 18.2 Å².